The normalized spacial score (nSPS) is 13.7. The Labute approximate surface area is 186 Å². The zero-order valence-electron chi connectivity index (χ0n) is 17.3. The lowest BCUT2D eigenvalue weighted by Crippen LogP contribution is -2.36. The third-order valence-electron chi connectivity index (χ3n) is 4.78. The van der Waals surface area contributed by atoms with Crippen molar-refractivity contribution in [3.8, 4) is 16.3 Å². The number of aryl methyl sites for hydroxylation is 1. The minimum Gasteiger partial charge on any atom is -0.493 e. The summed E-state index contributed by atoms with van der Waals surface area (Å²) in [5.41, 5.74) is 4.94. The van der Waals surface area contributed by atoms with Gasteiger partial charge in [-0.2, -0.15) is 13.2 Å². The van der Waals surface area contributed by atoms with E-state index in [2.05, 4.69) is 10.2 Å². The second kappa shape index (κ2) is 9.93. The van der Waals surface area contributed by atoms with E-state index in [0.717, 1.165) is 23.0 Å². The van der Waals surface area contributed by atoms with Gasteiger partial charge >= 0.3 is 6.18 Å². The van der Waals surface area contributed by atoms with Gasteiger partial charge in [-0.05, 0) is 62.1 Å². The van der Waals surface area contributed by atoms with Crippen molar-refractivity contribution in [3.63, 3.8) is 0 Å². The van der Waals surface area contributed by atoms with Crippen molar-refractivity contribution in [2.24, 2.45) is 5.73 Å². The fourth-order valence-corrected chi connectivity index (χ4v) is 3.84. The van der Waals surface area contributed by atoms with E-state index >= 15 is 0 Å². The van der Waals surface area contributed by atoms with Gasteiger partial charge < -0.3 is 15.6 Å². The first-order valence-electron chi connectivity index (χ1n) is 9.93. The number of halogens is 4. The fourth-order valence-electron chi connectivity index (χ4n) is 2.95. The molecule has 3 rings (SSSR count). The van der Waals surface area contributed by atoms with Gasteiger partial charge in [0.25, 0.3) is 0 Å². The van der Waals surface area contributed by atoms with Crippen molar-refractivity contribution < 1.29 is 27.4 Å². The molecule has 0 radical (unpaired) electrons. The first kappa shape index (κ1) is 24.1. The van der Waals surface area contributed by atoms with Gasteiger partial charge in [0, 0.05) is 5.56 Å². The zero-order chi connectivity index (χ0) is 23.4. The van der Waals surface area contributed by atoms with E-state index in [1.54, 1.807) is 19.1 Å². The number of rotatable bonds is 9. The molecule has 0 bridgehead atoms. The molecular weight excluding hydrogens is 446 g/mol. The Morgan fingerprint density at radius 1 is 1.09 bits per heavy atom. The van der Waals surface area contributed by atoms with Crippen LogP contribution in [0.5, 0.6) is 5.75 Å². The lowest BCUT2D eigenvalue weighted by atomic mass is 10.1. The van der Waals surface area contributed by atoms with E-state index in [1.165, 1.54) is 24.3 Å². The molecular formula is C22H23F4N3O2S. The molecule has 0 spiro atoms. The van der Waals surface area contributed by atoms with Crippen LogP contribution in [0.3, 0.4) is 0 Å². The van der Waals surface area contributed by atoms with Crippen LogP contribution in [-0.2, 0) is 18.1 Å². The van der Waals surface area contributed by atoms with Crippen LogP contribution >= 0.6 is 11.3 Å². The van der Waals surface area contributed by atoms with Crippen LogP contribution in [0.2, 0.25) is 0 Å². The van der Waals surface area contributed by atoms with Crippen molar-refractivity contribution in [3.05, 3.63) is 64.4 Å². The Hall–Kier alpha value is -2.56. The molecule has 172 valence electrons. The molecule has 10 heteroatoms. The zero-order valence-corrected chi connectivity index (χ0v) is 18.1. The molecule has 0 amide bonds. The van der Waals surface area contributed by atoms with Crippen LogP contribution in [0.1, 0.15) is 35.9 Å². The number of aliphatic hydroxyl groups excluding tert-OH is 1. The number of aliphatic hydroxyl groups is 1. The average Bonchev–Trinajstić information content (AvgIpc) is 3.24. The second-order valence-corrected chi connectivity index (χ2v) is 8.61. The van der Waals surface area contributed by atoms with Gasteiger partial charge in [0.1, 0.15) is 21.6 Å². The predicted molar refractivity (Wildman–Crippen MR) is 114 cm³/mol. The highest BCUT2D eigenvalue weighted by Crippen LogP contribution is 2.39. The number of hydrogen-bond acceptors (Lipinski definition) is 6. The molecule has 1 atom stereocenters. The van der Waals surface area contributed by atoms with Crippen LogP contribution < -0.4 is 10.5 Å². The van der Waals surface area contributed by atoms with Crippen LogP contribution in [0, 0.1) is 5.82 Å². The molecule has 0 saturated heterocycles. The minimum atomic E-state index is -4.62. The molecule has 3 N–H and O–H groups in total. The first-order valence-corrected chi connectivity index (χ1v) is 10.7. The number of ether oxygens (including phenoxy) is 1. The molecule has 32 heavy (non-hydrogen) atoms. The lowest BCUT2D eigenvalue weighted by molar-refractivity contribution is -0.138. The molecule has 0 aliphatic carbocycles. The molecule has 2 aromatic carbocycles. The van der Waals surface area contributed by atoms with Crippen LogP contribution in [0.25, 0.3) is 10.6 Å². The summed E-state index contributed by atoms with van der Waals surface area (Å²) in [6, 6.07) is 9.94. The Kier molecular flexibility index (Phi) is 7.47. The molecule has 3 aromatic rings. The van der Waals surface area contributed by atoms with E-state index in [9.17, 15) is 22.7 Å². The number of nitrogens with zero attached hydrogens (tertiary/aromatic N) is 2. The van der Waals surface area contributed by atoms with Crippen molar-refractivity contribution in [2.75, 3.05) is 13.2 Å². The molecule has 0 saturated carbocycles. The SMILES string of the molecule is CC(N)(CO)c1nnc(-c2ccc(OCCCCc3cccc(F)c3)c(C(F)(F)F)c2)s1. The van der Waals surface area contributed by atoms with E-state index in [0.29, 0.717) is 24.3 Å². The smallest absolute Gasteiger partial charge is 0.419 e. The highest BCUT2D eigenvalue weighted by Gasteiger charge is 2.35. The number of alkyl halides is 3. The van der Waals surface area contributed by atoms with Crippen LogP contribution in [0.15, 0.2) is 42.5 Å². The van der Waals surface area contributed by atoms with Gasteiger partial charge in [-0.25, -0.2) is 4.39 Å². The Bertz CT molecular complexity index is 1050. The van der Waals surface area contributed by atoms with Gasteiger partial charge in [-0.3, -0.25) is 0 Å². The van der Waals surface area contributed by atoms with Gasteiger partial charge in [0.15, 0.2) is 0 Å². The summed E-state index contributed by atoms with van der Waals surface area (Å²) in [7, 11) is 0. The lowest BCUT2D eigenvalue weighted by Gasteiger charge is -2.17. The summed E-state index contributed by atoms with van der Waals surface area (Å²) in [6.45, 7) is 1.29. The fraction of sp³-hybridized carbons (Fsp3) is 0.364. The maximum Gasteiger partial charge on any atom is 0.419 e. The quantitative estimate of drug-likeness (QED) is 0.343. The molecule has 0 aliphatic heterocycles. The summed E-state index contributed by atoms with van der Waals surface area (Å²) in [4.78, 5) is 0. The first-order chi connectivity index (χ1) is 15.1. The van der Waals surface area contributed by atoms with E-state index in [1.807, 2.05) is 0 Å². The maximum atomic E-state index is 13.6. The van der Waals surface area contributed by atoms with E-state index < -0.39 is 17.3 Å². The highest BCUT2D eigenvalue weighted by atomic mass is 32.1. The van der Waals surface area contributed by atoms with Crippen molar-refractivity contribution in [1.29, 1.82) is 0 Å². The summed E-state index contributed by atoms with van der Waals surface area (Å²) in [6.07, 6.45) is -2.84. The highest BCUT2D eigenvalue weighted by molar-refractivity contribution is 7.14. The van der Waals surface area contributed by atoms with Crippen molar-refractivity contribution in [2.45, 2.75) is 37.9 Å². The van der Waals surface area contributed by atoms with Crippen molar-refractivity contribution >= 4 is 11.3 Å². The third-order valence-corrected chi connectivity index (χ3v) is 6.03. The minimum absolute atomic E-state index is 0.0999. The topological polar surface area (TPSA) is 81.3 Å². The maximum absolute atomic E-state index is 13.6. The molecule has 1 aromatic heterocycles. The summed E-state index contributed by atoms with van der Waals surface area (Å²) in [5.74, 6) is -0.584. The average molecular weight is 470 g/mol. The third kappa shape index (κ3) is 6.02. The molecule has 5 nitrogen and oxygen atoms in total. The van der Waals surface area contributed by atoms with Gasteiger partial charge in [0.2, 0.25) is 0 Å². The number of unbranched alkanes of at least 4 members (excludes halogenated alkanes) is 1. The van der Waals surface area contributed by atoms with Gasteiger partial charge in [-0.1, -0.05) is 23.5 Å². The summed E-state index contributed by atoms with van der Waals surface area (Å²) >= 11 is 1.02. The Morgan fingerprint density at radius 2 is 1.88 bits per heavy atom. The molecule has 0 aliphatic rings. The molecule has 0 fully saturated rings. The van der Waals surface area contributed by atoms with Gasteiger partial charge in [-0.15, -0.1) is 10.2 Å². The van der Waals surface area contributed by atoms with Crippen molar-refractivity contribution in [1.82, 2.24) is 10.2 Å². The summed E-state index contributed by atoms with van der Waals surface area (Å²) in [5, 5.41) is 17.7. The summed E-state index contributed by atoms with van der Waals surface area (Å²) < 4.78 is 59.5. The molecule has 1 unspecified atom stereocenters. The molecule has 1 heterocycles. The number of aromatic nitrogens is 2. The monoisotopic (exact) mass is 469 g/mol. The van der Waals surface area contributed by atoms with Crippen LogP contribution in [-0.4, -0.2) is 28.5 Å². The Balaban J connectivity index is 1.68. The standard InChI is InChI=1S/C22H23F4N3O2S/c1-21(27,13-30)20-29-28-19(32-20)15-8-9-18(17(12-15)22(24,25)26)31-10-3-2-5-14-6-4-7-16(23)11-14/h4,6-9,11-12,30H,2-3,5,10,13,27H2,1H3. The largest absolute Gasteiger partial charge is 0.493 e. The van der Waals surface area contributed by atoms with Crippen LogP contribution in [0.4, 0.5) is 17.6 Å². The van der Waals surface area contributed by atoms with E-state index in [4.69, 9.17) is 10.5 Å². The number of benzene rings is 2. The predicted octanol–water partition coefficient (Wildman–Crippen LogP) is 4.93. The Morgan fingerprint density at radius 3 is 2.56 bits per heavy atom. The number of nitrogens with two attached hydrogens (primary N) is 1. The van der Waals surface area contributed by atoms with E-state index in [-0.39, 0.29) is 35.4 Å². The second-order valence-electron chi connectivity index (χ2n) is 7.63. The number of hydrogen-bond donors (Lipinski definition) is 2. The van der Waals surface area contributed by atoms with Gasteiger partial charge in [0.05, 0.1) is 24.3 Å².